The van der Waals surface area contributed by atoms with E-state index in [1.807, 2.05) is 24.0 Å². The second-order valence-electron chi connectivity index (χ2n) is 12.1. The van der Waals surface area contributed by atoms with Crippen molar-refractivity contribution in [2.75, 3.05) is 0 Å². The van der Waals surface area contributed by atoms with Crippen molar-refractivity contribution in [2.45, 2.75) is 15.2 Å². The van der Waals surface area contributed by atoms with Gasteiger partial charge in [0.1, 0.15) is 0 Å². The highest BCUT2D eigenvalue weighted by atomic mass is 32.2. The van der Waals surface area contributed by atoms with Gasteiger partial charge in [-0.25, -0.2) is 4.98 Å². The zero-order chi connectivity index (χ0) is 30.2. The number of pyridine rings is 2. The van der Waals surface area contributed by atoms with Crippen molar-refractivity contribution in [3.63, 3.8) is 0 Å². The minimum Gasteiger partial charge on any atom is -0.254 e. The zero-order valence-corrected chi connectivity index (χ0v) is 25.6. The molecule has 0 N–H and O–H groups in total. The molecule has 0 radical (unpaired) electrons. The number of benzene rings is 6. The van der Waals surface area contributed by atoms with Crippen LogP contribution in [0.15, 0.2) is 168 Å². The molecule has 0 amide bonds. The van der Waals surface area contributed by atoms with E-state index in [4.69, 9.17) is 4.98 Å². The molecular formula is C43H26N2S. The van der Waals surface area contributed by atoms with E-state index in [1.165, 1.54) is 54.3 Å². The molecule has 6 aromatic carbocycles. The monoisotopic (exact) mass is 602 g/mol. The molecule has 2 aliphatic rings. The normalized spacial score (nSPS) is 13.7. The summed E-state index contributed by atoms with van der Waals surface area (Å²) >= 11 is 1.88. The summed E-state index contributed by atoms with van der Waals surface area (Å²) in [6, 6.07) is 55.4. The largest absolute Gasteiger partial charge is 0.254 e. The second kappa shape index (κ2) is 9.74. The number of rotatable bonds is 2. The van der Waals surface area contributed by atoms with Gasteiger partial charge in [-0.1, -0.05) is 133 Å². The summed E-state index contributed by atoms with van der Waals surface area (Å²) in [6.07, 6.45) is 1.84. The van der Waals surface area contributed by atoms with Gasteiger partial charge in [0.15, 0.2) is 0 Å². The lowest BCUT2D eigenvalue weighted by Gasteiger charge is -2.40. The fourth-order valence-electron chi connectivity index (χ4n) is 7.75. The van der Waals surface area contributed by atoms with Crippen LogP contribution in [0.25, 0.3) is 55.3 Å². The molecule has 46 heavy (non-hydrogen) atoms. The Morgan fingerprint density at radius 2 is 1.04 bits per heavy atom. The van der Waals surface area contributed by atoms with E-state index < -0.39 is 0 Å². The molecular weight excluding hydrogens is 577 g/mol. The molecule has 0 atom stereocenters. The van der Waals surface area contributed by atoms with Crippen LogP contribution < -0.4 is 0 Å². The average molecular weight is 603 g/mol. The fourth-order valence-corrected chi connectivity index (χ4v) is 8.93. The summed E-state index contributed by atoms with van der Waals surface area (Å²) in [5, 5.41) is 2.21. The van der Waals surface area contributed by atoms with Crippen molar-refractivity contribution < 1.29 is 0 Å². The molecule has 214 valence electrons. The molecule has 2 aromatic heterocycles. The van der Waals surface area contributed by atoms with E-state index in [2.05, 4.69) is 151 Å². The van der Waals surface area contributed by atoms with Crippen LogP contribution in [0.3, 0.4) is 0 Å². The molecule has 0 saturated heterocycles. The third-order valence-electron chi connectivity index (χ3n) is 9.79. The summed E-state index contributed by atoms with van der Waals surface area (Å²) in [7, 11) is 0. The Labute approximate surface area is 271 Å². The molecule has 3 heterocycles. The molecule has 3 heteroatoms. The van der Waals surface area contributed by atoms with Gasteiger partial charge in [-0.15, -0.1) is 0 Å². The molecule has 0 saturated carbocycles. The van der Waals surface area contributed by atoms with Gasteiger partial charge in [0.25, 0.3) is 0 Å². The lowest BCUT2D eigenvalue weighted by molar-refractivity contribution is 0.723. The molecule has 1 aliphatic heterocycles. The Morgan fingerprint density at radius 3 is 1.83 bits per heavy atom. The topological polar surface area (TPSA) is 25.8 Å². The molecule has 1 aliphatic carbocycles. The number of aromatic nitrogens is 2. The number of hydrogen-bond acceptors (Lipinski definition) is 3. The Bertz CT molecular complexity index is 2470. The number of hydrogen-bond donors (Lipinski definition) is 0. The van der Waals surface area contributed by atoms with E-state index in [9.17, 15) is 0 Å². The number of fused-ring (bicyclic) bond motifs is 12. The smallest absolute Gasteiger partial charge is 0.0972 e. The standard InChI is InChI=1S/C43H26N2S/c1-3-11-34-32(9-1)33-10-2-4-12-35(33)43(34)36-13-5-6-14-39(36)46-40-24-22-31(26-37(40)43)27-15-17-28(18-16-27)38-23-21-30-20-19-29-8-7-25-44-41(29)42(30)45-38/h1-26H. The quantitative estimate of drug-likeness (QED) is 0.184. The van der Waals surface area contributed by atoms with E-state index >= 15 is 0 Å². The lowest BCUT2D eigenvalue weighted by atomic mass is 9.67. The van der Waals surface area contributed by atoms with Crippen LogP contribution in [0, 0.1) is 0 Å². The predicted octanol–water partition coefficient (Wildman–Crippen LogP) is 10.9. The maximum Gasteiger partial charge on any atom is 0.0972 e. The maximum absolute atomic E-state index is 5.08. The van der Waals surface area contributed by atoms with Gasteiger partial charge < -0.3 is 0 Å². The molecule has 0 fully saturated rings. The summed E-state index contributed by atoms with van der Waals surface area (Å²) in [5.74, 6) is 0. The molecule has 8 aromatic rings. The van der Waals surface area contributed by atoms with Crippen molar-refractivity contribution >= 4 is 33.6 Å². The van der Waals surface area contributed by atoms with Crippen molar-refractivity contribution in [2.24, 2.45) is 0 Å². The highest BCUT2D eigenvalue weighted by Crippen LogP contribution is 2.62. The van der Waals surface area contributed by atoms with E-state index in [-0.39, 0.29) is 5.41 Å². The van der Waals surface area contributed by atoms with E-state index in [0.717, 1.165) is 33.1 Å². The third kappa shape index (κ3) is 3.55. The maximum atomic E-state index is 5.08. The predicted molar refractivity (Wildman–Crippen MR) is 189 cm³/mol. The van der Waals surface area contributed by atoms with Gasteiger partial charge in [-0.05, 0) is 74.8 Å². The van der Waals surface area contributed by atoms with Gasteiger partial charge in [-0.2, -0.15) is 0 Å². The molecule has 0 bridgehead atoms. The summed E-state index contributed by atoms with van der Waals surface area (Å²) in [5.41, 5.74) is 14.1. The van der Waals surface area contributed by atoms with Gasteiger partial charge in [0.05, 0.1) is 22.1 Å². The van der Waals surface area contributed by atoms with Crippen molar-refractivity contribution in [3.05, 3.63) is 180 Å². The van der Waals surface area contributed by atoms with Crippen LogP contribution in [-0.4, -0.2) is 9.97 Å². The van der Waals surface area contributed by atoms with Gasteiger partial charge >= 0.3 is 0 Å². The highest BCUT2D eigenvalue weighted by molar-refractivity contribution is 7.99. The summed E-state index contributed by atoms with van der Waals surface area (Å²) in [6.45, 7) is 0. The van der Waals surface area contributed by atoms with E-state index in [0.29, 0.717) is 0 Å². The van der Waals surface area contributed by atoms with Crippen LogP contribution in [-0.2, 0) is 5.41 Å². The Balaban J connectivity index is 1.12. The Kier molecular flexibility index (Phi) is 5.46. The van der Waals surface area contributed by atoms with Crippen LogP contribution >= 0.6 is 11.8 Å². The highest BCUT2D eigenvalue weighted by Gasteiger charge is 2.50. The Morgan fingerprint density at radius 1 is 0.435 bits per heavy atom. The van der Waals surface area contributed by atoms with Crippen LogP contribution in [0.1, 0.15) is 22.3 Å². The van der Waals surface area contributed by atoms with Crippen molar-refractivity contribution in [1.29, 1.82) is 0 Å². The second-order valence-corrected chi connectivity index (χ2v) is 13.2. The third-order valence-corrected chi connectivity index (χ3v) is 10.9. The van der Waals surface area contributed by atoms with Gasteiger partial charge in [-0.3, -0.25) is 4.98 Å². The van der Waals surface area contributed by atoms with Crippen LogP contribution in [0.4, 0.5) is 0 Å². The number of nitrogens with zero attached hydrogens (tertiary/aromatic N) is 2. The SMILES string of the molecule is c1ccc2c(c1)Sc1ccc(-c3ccc(-c4ccc5ccc6cccnc6c5n4)cc3)cc1C21c2ccccc2-c2ccccc21. The minimum absolute atomic E-state index is 0.369. The molecule has 1 spiro atoms. The summed E-state index contributed by atoms with van der Waals surface area (Å²) < 4.78 is 0. The first-order chi connectivity index (χ1) is 22.8. The van der Waals surface area contributed by atoms with Crippen molar-refractivity contribution in [1.82, 2.24) is 9.97 Å². The fraction of sp³-hybridized carbons (Fsp3) is 0.0233. The first-order valence-electron chi connectivity index (χ1n) is 15.7. The molecule has 0 unspecified atom stereocenters. The first-order valence-corrected chi connectivity index (χ1v) is 16.5. The lowest BCUT2D eigenvalue weighted by Crippen LogP contribution is -2.32. The zero-order valence-electron chi connectivity index (χ0n) is 24.8. The van der Waals surface area contributed by atoms with Crippen LogP contribution in [0.5, 0.6) is 0 Å². The van der Waals surface area contributed by atoms with E-state index in [1.54, 1.807) is 0 Å². The summed E-state index contributed by atoms with van der Waals surface area (Å²) in [4.78, 5) is 12.4. The van der Waals surface area contributed by atoms with Crippen molar-refractivity contribution in [3.8, 4) is 33.5 Å². The van der Waals surface area contributed by atoms with Gasteiger partial charge in [0, 0.05) is 32.3 Å². The molecule has 10 rings (SSSR count). The molecule has 2 nitrogen and oxygen atoms in total. The Hall–Kier alpha value is -5.51. The van der Waals surface area contributed by atoms with Crippen LogP contribution in [0.2, 0.25) is 0 Å². The first kappa shape index (κ1) is 25.8. The minimum atomic E-state index is -0.369. The van der Waals surface area contributed by atoms with Gasteiger partial charge in [0.2, 0.25) is 0 Å². The average Bonchev–Trinajstić information content (AvgIpc) is 3.42.